The highest BCUT2D eigenvalue weighted by Gasteiger charge is 2.26. The van der Waals surface area contributed by atoms with E-state index in [0.29, 0.717) is 23.3 Å². The maximum absolute atomic E-state index is 11.5. The topological polar surface area (TPSA) is 40.5 Å². The van der Waals surface area contributed by atoms with E-state index in [0.717, 1.165) is 17.5 Å². The van der Waals surface area contributed by atoms with Crippen molar-refractivity contribution in [3.63, 3.8) is 0 Å². The summed E-state index contributed by atoms with van der Waals surface area (Å²) < 4.78 is 0. The fraction of sp³-hybridized carbons (Fsp3) is 0.415. The predicted octanol–water partition coefficient (Wildman–Crippen LogP) is 11.1. The molecule has 2 N–H and O–H groups in total. The average molecular weight is 573 g/mol. The van der Waals surface area contributed by atoms with Gasteiger partial charge in [0.25, 0.3) is 0 Å². The monoisotopic (exact) mass is 572 g/mol. The van der Waals surface area contributed by atoms with Crippen LogP contribution >= 0.6 is 0 Å². The van der Waals surface area contributed by atoms with Gasteiger partial charge in [0.05, 0.1) is 0 Å². The van der Waals surface area contributed by atoms with Crippen LogP contribution in [-0.4, -0.2) is 10.2 Å². The van der Waals surface area contributed by atoms with Crippen molar-refractivity contribution in [2.45, 2.75) is 108 Å². The van der Waals surface area contributed by atoms with E-state index in [-0.39, 0.29) is 11.8 Å². The molecule has 0 heterocycles. The van der Waals surface area contributed by atoms with Crippen LogP contribution in [0.3, 0.4) is 0 Å². The van der Waals surface area contributed by atoms with Gasteiger partial charge in [0.15, 0.2) is 0 Å². The predicted molar refractivity (Wildman–Crippen MR) is 179 cm³/mol. The standard InChI is InChI=1S/C41H48O2/c1-28(30-15-7-3-8-16-30)36-26-38(32-19-11-5-12-20-32)34(24-40(36)42)23-35-25-41(43)37(29(2)31-17-9-4-10-18-31)27-39(35)33-21-13-6-14-22-33/h3-4,7-10,15-18,24-29,32-33,42-43H,5-6,11-14,19-23H2,1-2H3. The Morgan fingerprint density at radius 2 is 0.907 bits per heavy atom. The van der Waals surface area contributed by atoms with Crippen LogP contribution in [0.1, 0.15) is 146 Å². The quantitative estimate of drug-likeness (QED) is 0.220. The van der Waals surface area contributed by atoms with Crippen LogP contribution in [0.15, 0.2) is 84.9 Å². The summed E-state index contributed by atoms with van der Waals surface area (Å²) in [4.78, 5) is 0. The van der Waals surface area contributed by atoms with Crippen molar-refractivity contribution < 1.29 is 10.2 Å². The van der Waals surface area contributed by atoms with Crippen molar-refractivity contribution in [3.05, 3.63) is 129 Å². The fourth-order valence-electron chi connectivity index (χ4n) is 7.97. The minimum Gasteiger partial charge on any atom is -0.508 e. The van der Waals surface area contributed by atoms with Gasteiger partial charge in [0.1, 0.15) is 11.5 Å². The molecule has 0 bridgehead atoms. The molecule has 4 aromatic rings. The van der Waals surface area contributed by atoms with Gasteiger partial charge < -0.3 is 10.2 Å². The minimum atomic E-state index is 0.123. The van der Waals surface area contributed by atoms with Gasteiger partial charge in [0.2, 0.25) is 0 Å². The summed E-state index contributed by atoms with van der Waals surface area (Å²) in [5.41, 5.74) is 9.79. The fourth-order valence-corrected chi connectivity index (χ4v) is 7.97. The van der Waals surface area contributed by atoms with Gasteiger partial charge in [-0.3, -0.25) is 0 Å². The highest BCUT2D eigenvalue weighted by Crippen LogP contribution is 2.44. The number of hydrogen-bond acceptors (Lipinski definition) is 2. The maximum Gasteiger partial charge on any atom is 0.119 e. The van der Waals surface area contributed by atoms with Crippen LogP contribution in [0.4, 0.5) is 0 Å². The van der Waals surface area contributed by atoms with Crippen LogP contribution < -0.4 is 0 Å². The smallest absolute Gasteiger partial charge is 0.119 e. The van der Waals surface area contributed by atoms with Crippen molar-refractivity contribution in [2.24, 2.45) is 0 Å². The van der Waals surface area contributed by atoms with E-state index in [1.165, 1.54) is 97.6 Å². The van der Waals surface area contributed by atoms with Crippen LogP contribution in [0.5, 0.6) is 11.5 Å². The molecule has 2 atom stereocenters. The SMILES string of the molecule is CC(c1ccccc1)c1cc(C2CCCCC2)c(Cc2cc(O)c(C(C)c3ccccc3)cc2C2CCCCC2)cc1O. The molecule has 224 valence electrons. The highest BCUT2D eigenvalue weighted by atomic mass is 16.3. The van der Waals surface area contributed by atoms with E-state index < -0.39 is 0 Å². The van der Waals surface area contributed by atoms with Gasteiger partial charge in [-0.2, -0.15) is 0 Å². The zero-order valence-corrected chi connectivity index (χ0v) is 26.1. The van der Waals surface area contributed by atoms with Crippen molar-refractivity contribution in [1.29, 1.82) is 0 Å². The third kappa shape index (κ3) is 6.54. The molecular weight excluding hydrogens is 524 g/mol. The molecule has 0 radical (unpaired) electrons. The van der Waals surface area contributed by atoms with Crippen LogP contribution in [0.2, 0.25) is 0 Å². The van der Waals surface area contributed by atoms with Crippen molar-refractivity contribution >= 4 is 0 Å². The van der Waals surface area contributed by atoms with Crippen LogP contribution in [0, 0.1) is 0 Å². The largest absolute Gasteiger partial charge is 0.508 e. The lowest BCUT2D eigenvalue weighted by Gasteiger charge is -2.29. The first kappa shape index (κ1) is 29.5. The van der Waals surface area contributed by atoms with Crippen LogP contribution in [0.25, 0.3) is 0 Å². The maximum atomic E-state index is 11.5. The third-order valence-electron chi connectivity index (χ3n) is 10.6. The normalized spacial score (nSPS) is 17.9. The Morgan fingerprint density at radius 3 is 1.28 bits per heavy atom. The number of aromatic hydroxyl groups is 2. The summed E-state index contributed by atoms with van der Waals surface area (Å²) in [6.45, 7) is 4.42. The lowest BCUT2D eigenvalue weighted by atomic mass is 9.76. The number of phenols is 2. The van der Waals surface area contributed by atoms with Crippen molar-refractivity contribution in [2.75, 3.05) is 0 Å². The molecule has 0 aliphatic heterocycles. The summed E-state index contributed by atoms with van der Waals surface area (Å²) >= 11 is 0. The highest BCUT2D eigenvalue weighted by molar-refractivity contribution is 5.53. The molecule has 43 heavy (non-hydrogen) atoms. The van der Waals surface area contributed by atoms with Crippen LogP contribution in [-0.2, 0) is 6.42 Å². The first-order chi connectivity index (χ1) is 21.0. The van der Waals surface area contributed by atoms with Gasteiger partial charge in [-0.25, -0.2) is 0 Å². The van der Waals surface area contributed by atoms with Crippen molar-refractivity contribution in [3.8, 4) is 11.5 Å². The number of hydrogen-bond donors (Lipinski definition) is 2. The number of rotatable bonds is 8. The Morgan fingerprint density at radius 1 is 0.535 bits per heavy atom. The van der Waals surface area contributed by atoms with E-state index in [1.807, 2.05) is 0 Å². The van der Waals surface area contributed by atoms with Gasteiger partial charge >= 0.3 is 0 Å². The molecule has 0 amide bonds. The van der Waals surface area contributed by atoms with Gasteiger partial charge in [-0.15, -0.1) is 0 Å². The van der Waals surface area contributed by atoms with E-state index in [4.69, 9.17) is 0 Å². The Bertz CT molecular complexity index is 1380. The van der Waals surface area contributed by atoms with Gasteiger partial charge in [0, 0.05) is 23.0 Å². The van der Waals surface area contributed by atoms with Gasteiger partial charge in [-0.05, 0) is 89.5 Å². The number of phenolic OH excluding ortho intramolecular Hbond substituents is 2. The van der Waals surface area contributed by atoms with Gasteiger partial charge in [-0.1, -0.05) is 125 Å². The summed E-state index contributed by atoms with van der Waals surface area (Å²) in [6.07, 6.45) is 13.3. The minimum absolute atomic E-state index is 0.123. The molecule has 0 aromatic heterocycles. The molecule has 4 aromatic carbocycles. The second kappa shape index (κ2) is 13.4. The molecule has 6 rings (SSSR count). The van der Waals surface area contributed by atoms with Crippen molar-refractivity contribution in [1.82, 2.24) is 0 Å². The number of benzene rings is 4. The second-order valence-corrected chi connectivity index (χ2v) is 13.3. The molecule has 2 nitrogen and oxygen atoms in total. The first-order valence-electron chi connectivity index (χ1n) is 16.8. The molecule has 2 aliphatic carbocycles. The summed E-state index contributed by atoms with van der Waals surface area (Å²) in [5.74, 6) is 2.08. The second-order valence-electron chi connectivity index (χ2n) is 13.3. The Labute approximate surface area is 258 Å². The lowest BCUT2D eigenvalue weighted by molar-refractivity contribution is 0.435. The zero-order chi connectivity index (χ0) is 29.8. The van der Waals surface area contributed by atoms with E-state index in [9.17, 15) is 10.2 Å². The summed E-state index contributed by atoms with van der Waals surface area (Å²) in [7, 11) is 0. The Hall–Kier alpha value is -3.52. The lowest BCUT2D eigenvalue weighted by Crippen LogP contribution is -2.12. The van der Waals surface area contributed by atoms with E-state index in [1.54, 1.807) is 0 Å². The Kier molecular flexibility index (Phi) is 9.22. The summed E-state index contributed by atoms with van der Waals surface area (Å²) in [5, 5.41) is 23.0. The molecular formula is C41H48O2. The molecule has 2 heteroatoms. The molecule has 2 fully saturated rings. The zero-order valence-electron chi connectivity index (χ0n) is 26.1. The molecule has 2 unspecified atom stereocenters. The molecule has 0 spiro atoms. The Balaban J connectivity index is 1.42. The molecule has 2 saturated carbocycles. The average Bonchev–Trinajstić information content (AvgIpc) is 3.06. The van der Waals surface area contributed by atoms with E-state index >= 15 is 0 Å². The van der Waals surface area contributed by atoms with E-state index in [2.05, 4.69) is 98.8 Å². The molecule has 2 aliphatic rings. The third-order valence-corrected chi connectivity index (χ3v) is 10.6. The molecule has 0 saturated heterocycles. The summed E-state index contributed by atoms with van der Waals surface area (Å²) in [6, 6.07) is 29.9. The first-order valence-corrected chi connectivity index (χ1v) is 16.8.